The van der Waals surface area contributed by atoms with E-state index in [0.717, 1.165) is 6.07 Å². The zero-order valence-electron chi connectivity index (χ0n) is 12.4. The Bertz CT molecular complexity index is 938. The fourth-order valence-electron chi connectivity index (χ4n) is 3.20. The van der Waals surface area contributed by atoms with Crippen molar-refractivity contribution in [3.63, 3.8) is 0 Å². The Kier molecular flexibility index (Phi) is 3.50. The number of hydrogen-bond donors (Lipinski definition) is 2. The van der Waals surface area contributed by atoms with Crippen LogP contribution < -0.4 is 15.6 Å². The number of rotatable bonds is 2. The van der Waals surface area contributed by atoms with Gasteiger partial charge in [-0.05, 0) is 6.07 Å². The minimum atomic E-state index is -1.38. The predicted octanol–water partition coefficient (Wildman–Crippen LogP) is 1.45. The summed E-state index contributed by atoms with van der Waals surface area (Å²) in [5.41, 5.74) is -1.44. The van der Waals surface area contributed by atoms with Crippen LogP contribution >= 0.6 is 11.8 Å². The van der Waals surface area contributed by atoms with E-state index in [2.05, 4.69) is 5.32 Å². The number of nitrogens with zero attached hydrogens (tertiary/aromatic N) is 2. The number of aromatic carboxylic acids is 1. The van der Waals surface area contributed by atoms with E-state index < -0.39 is 28.6 Å². The van der Waals surface area contributed by atoms with E-state index in [9.17, 15) is 19.1 Å². The largest absolute Gasteiger partial charge is 0.477 e. The van der Waals surface area contributed by atoms with Crippen molar-refractivity contribution in [3.8, 4) is 0 Å². The van der Waals surface area contributed by atoms with Crippen LogP contribution in [0, 0.1) is 11.6 Å². The van der Waals surface area contributed by atoms with E-state index in [4.69, 9.17) is 0 Å². The third kappa shape index (κ3) is 2.04. The third-order valence-electron chi connectivity index (χ3n) is 4.35. The van der Waals surface area contributed by atoms with Gasteiger partial charge in [-0.1, -0.05) is 11.8 Å². The number of benzene rings is 1. The molecular formula is C15H13F2N3O3S. The van der Waals surface area contributed by atoms with Gasteiger partial charge in [0.05, 0.1) is 21.8 Å². The van der Waals surface area contributed by atoms with Crippen molar-refractivity contribution >= 4 is 34.3 Å². The van der Waals surface area contributed by atoms with Gasteiger partial charge in [-0.2, -0.15) is 0 Å². The Labute approximate surface area is 139 Å². The zero-order chi connectivity index (χ0) is 17.0. The predicted molar refractivity (Wildman–Crippen MR) is 86.0 cm³/mol. The average molecular weight is 353 g/mol. The zero-order valence-corrected chi connectivity index (χ0v) is 13.3. The number of aromatic nitrogens is 1. The third-order valence-corrected chi connectivity index (χ3v) is 5.43. The second kappa shape index (κ2) is 5.45. The SMILES string of the molecule is O=C(O)c1c2n(c3c(F)c(N4CCNCC4)c(F)cc3c1=O)CS2. The maximum absolute atomic E-state index is 15.1. The number of nitrogens with one attached hydrogen (secondary N) is 1. The summed E-state index contributed by atoms with van der Waals surface area (Å²) in [6.07, 6.45) is 0. The summed E-state index contributed by atoms with van der Waals surface area (Å²) >= 11 is 1.17. The van der Waals surface area contributed by atoms with Crippen LogP contribution in [0.25, 0.3) is 10.9 Å². The van der Waals surface area contributed by atoms with Crippen LogP contribution in [0.1, 0.15) is 10.4 Å². The smallest absolute Gasteiger partial charge is 0.342 e. The molecule has 0 spiro atoms. The van der Waals surface area contributed by atoms with E-state index >= 15 is 4.39 Å². The number of halogens is 2. The van der Waals surface area contributed by atoms with Crippen molar-refractivity contribution in [2.45, 2.75) is 10.9 Å². The van der Waals surface area contributed by atoms with Crippen LogP contribution in [0.5, 0.6) is 0 Å². The van der Waals surface area contributed by atoms with Crippen molar-refractivity contribution in [2.24, 2.45) is 0 Å². The first-order valence-electron chi connectivity index (χ1n) is 7.41. The molecule has 0 unspecified atom stereocenters. The molecule has 0 bridgehead atoms. The average Bonchev–Trinajstić information content (AvgIpc) is 2.52. The van der Waals surface area contributed by atoms with Crippen molar-refractivity contribution in [2.75, 3.05) is 31.1 Å². The summed E-state index contributed by atoms with van der Waals surface area (Å²) in [7, 11) is 0. The van der Waals surface area contributed by atoms with Crippen LogP contribution in [-0.2, 0) is 5.88 Å². The van der Waals surface area contributed by atoms with Gasteiger partial charge in [0.1, 0.15) is 17.1 Å². The van der Waals surface area contributed by atoms with Crippen LogP contribution in [0.3, 0.4) is 0 Å². The topological polar surface area (TPSA) is 74.6 Å². The maximum atomic E-state index is 15.1. The Morgan fingerprint density at radius 3 is 2.58 bits per heavy atom. The number of carboxylic acids is 1. The molecule has 24 heavy (non-hydrogen) atoms. The molecule has 0 radical (unpaired) electrons. The number of thioether (sulfide) groups is 1. The van der Waals surface area contributed by atoms with Crippen LogP contribution in [0.4, 0.5) is 14.5 Å². The minimum Gasteiger partial charge on any atom is -0.477 e. The Hall–Kier alpha value is -2.13. The lowest BCUT2D eigenvalue weighted by molar-refractivity contribution is 0.0689. The molecule has 1 fully saturated rings. The summed E-state index contributed by atoms with van der Waals surface area (Å²) in [6, 6.07) is 0.959. The molecule has 0 saturated carbocycles. The molecule has 2 aromatic rings. The van der Waals surface area contributed by atoms with Gasteiger partial charge in [-0.3, -0.25) is 4.79 Å². The van der Waals surface area contributed by atoms with Crippen LogP contribution in [0.15, 0.2) is 15.9 Å². The summed E-state index contributed by atoms with van der Waals surface area (Å²) in [4.78, 5) is 25.3. The van der Waals surface area contributed by atoms with E-state index in [0.29, 0.717) is 32.1 Å². The second-order valence-corrected chi connectivity index (χ2v) is 6.60. The second-order valence-electron chi connectivity index (χ2n) is 5.67. The van der Waals surface area contributed by atoms with Crippen LogP contribution in [0.2, 0.25) is 0 Å². The highest BCUT2D eigenvalue weighted by molar-refractivity contribution is 7.99. The van der Waals surface area contributed by atoms with Gasteiger partial charge >= 0.3 is 5.97 Å². The molecule has 1 saturated heterocycles. The molecule has 9 heteroatoms. The summed E-state index contributed by atoms with van der Waals surface area (Å²) in [6.45, 7) is 2.14. The molecular weight excluding hydrogens is 340 g/mol. The molecule has 126 valence electrons. The van der Waals surface area contributed by atoms with Gasteiger partial charge in [0.25, 0.3) is 0 Å². The van der Waals surface area contributed by atoms with Gasteiger partial charge in [-0.15, -0.1) is 0 Å². The molecule has 3 heterocycles. The molecule has 2 aliphatic heterocycles. The van der Waals surface area contributed by atoms with Crippen molar-refractivity contribution < 1.29 is 18.7 Å². The van der Waals surface area contributed by atoms with Gasteiger partial charge in [0.15, 0.2) is 5.82 Å². The minimum absolute atomic E-state index is 0.0197. The highest BCUT2D eigenvalue weighted by Gasteiger charge is 2.32. The molecule has 4 rings (SSSR count). The van der Waals surface area contributed by atoms with E-state index in [1.165, 1.54) is 16.3 Å². The molecule has 0 amide bonds. The molecule has 6 nitrogen and oxygen atoms in total. The Balaban J connectivity index is 2.04. The summed E-state index contributed by atoms with van der Waals surface area (Å²) < 4.78 is 31.0. The van der Waals surface area contributed by atoms with E-state index in [-0.39, 0.29) is 21.6 Å². The lowest BCUT2D eigenvalue weighted by atomic mass is 10.1. The molecule has 0 atom stereocenters. The Morgan fingerprint density at radius 2 is 2.00 bits per heavy atom. The van der Waals surface area contributed by atoms with Crippen LogP contribution in [-0.4, -0.2) is 41.8 Å². The first-order chi connectivity index (χ1) is 11.5. The first kappa shape index (κ1) is 15.4. The Morgan fingerprint density at radius 1 is 1.29 bits per heavy atom. The normalized spacial score (nSPS) is 16.8. The molecule has 1 aromatic carbocycles. The number of pyridine rings is 1. The summed E-state index contributed by atoms with van der Waals surface area (Å²) in [5, 5.41) is 12.3. The van der Waals surface area contributed by atoms with Gasteiger partial charge in [0.2, 0.25) is 5.43 Å². The number of carbonyl (C=O) groups is 1. The fraction of sp³-hybridized carbons (Fsp3) is 0.333. The van der Waals surface area contributed by atoms with E-state index in [1.807, 2.05) is 0 Å². The molecule has 0 aliphatic carbocycles. The van der Waals surface area contributed by atoms with Gasteiger partial charge < -0.3 is 19.9 Å². The van der Waals surface area contributed by atoms with Crippen molar-refractivity contribution in [3.05, 3.63) is 33.5 Å². The number of fused-ring (bicyclic) bond motifs is 3. The van der Waals surface area contributed by atoms with Crippen molar-refractivity contribution in [1.29, 1.82) is 0 Å². The highest BCUT2D eigenvalue weighted by Crippen LogP contribution is 2.39. The highest BCUT2D eigenvalue weighted by atomic mass is 32.2. The number of carboxylic acid groups (broad SMARTS) is 1. The molecule has 1 aromatic heterocycles. The number of piperazine rings is 1. The maximum Gasteiger partial charge on any atom is 0.342 e. The van der Waals surface area contributed by atoms with Gasteiger partial charge in [0, 0.05) is 26.2 Å². The lowest BCUT2D eigenvalue weighted by Crippen LogP contribution is -2.44. The van der Waals surface area contributed by atoms with Crippen molar-refractivity contribution in [1.82, 2.24) is 9.88 Å². The summed E-state index contributed by atoms with van der Waals surface area (Å²) in [5.74, 6) is -2.70. The van der Waals surface area contributed by atoms with Gasteiger partial charge in [-0.25, -0.2) is 13.6 Å². The quantitative estimate of drug-likeness (QED) is 0.851. The monoisotopic (exact) mass is 353 g/mol. The van der Waals surface area contributed by atoms with E-state index in [1.54, 1.807) is 4.90 Å². The molecule has 2 aliphatic rings. The fourth-order valence-corrected chi connectivity index (χ4v) is 4.13. The lowest BCUT2D eigenvalue weighted by Gasteiger charge is -2.32. The standard InChI is InChI=1S/C15H13F2N3O3S/c16-8-5-7-11(10(17)12(8)19-3-1-18-2-4-19)20-6-24-14(20)9(13(7)21)15(22)23/h5,18H,1-4,6H2,(H,22,23). The first-order valence-corrected chi connectivity index (χ1v) is 8.39. The number of anilines is 1. The molecule has 2 N–H and O–H groups in total. The number of hydrogen-bond acceptors (Lipinski definition) is 5.